The highest BCUT2D eigenvalue weighted by Gasteiger charge is 2.32. The van der Waals surface area contributed by atoms with Crippen LogP contribution in [0.5, 0.6) is 0 Å². The summed E-state index contributed by atoms with van der Waals surface area (Å²) in [6, 6.07) is 0. The number of nitrogens with one attached hydrogen (secondary N) is 1. The molecule has 1 saturated carbocycles. The van der Waals surface area contributed by atoms with Crippen LogP contribution < -0.4 is 5.32 Å². The second-order valence-corrected chi connectivity index (χ2v) is 5.83. The number of amides is 1. The SMILES string of the molecule is CSC1(CNC(=O)CCCCO)CCCC1. The van der Waals surface area contributed by atoms with Crippen LogP contribution in [0.4, 0.5) is 0 Å². The minimum atomic E-state index is 0.133. The molecule has 4 heteroatoms. The van der Waals surface area contributed by atoms with E-state index in [-0.39, 0.29) is 12.5 Å². The molecule has 0 aromatic rings. The molecule has 1 rings (SSSR count). The first-order chi connectivity index (χ1) is 7.72. The van der Waals surface area contributed by atoms with E-state index in [1.165, 1.54) is 25.7 Å². The van der Waals surface area contributed by atoms with Gasteiger partial charge in [-0.2, -0.15) is 11.8 Å². The van der Waals surface area contributed by atoms with E-state index < -0.39 is 0 Å². The van der Waals surface area contributed by atoms with Crippen molar-refractivity contribution in [3.8, 4) is 0 Å². The highest BCUT2D eigenvalue weighted by molar-refractivity contribution is 8.00. The molecule has 0 unspecified atom stereocenters. The van der Waals surface area contributed by atoms with Gasteiger partial charge in [0.1, 0.15) is 0 Å². The molecule has 94 valence electrons. The monoisotopic (exact) mass is 245 g/mol. The van der Waals surface area contributed by atoms with Crippen LogP contribution in [-0.2, 0) is 4.79 Å². The number of aliphatic hydroxyl groups is 1. The lowest BCUT2D eigenvalue weighted by Crippen LogP contribution is -2.38. The Kier molecular flexibility index (Phi) is 6.21. The number of rotatable bonds is 7. The second kappa shape index (κ2) is 7.17. The van der Waals surface area contributed by atoms with E-state index in [0.29, 0.717) is 11.2 Å². The normalized spacial score (nSPS) is 18.6. The fraction of sp³-hybridized carbons (Fsp3) is 0.917. The summed E-state index contributed by atoms with van der Waals surface area (Å²) >= 11 is 1.90. The Morgan fingerprint density at radius 2 is 2.06 bits per heavy atom. The van der Waals surface area contributed by atoms with Gasteiger partial charge in [0.25, 0.3) is 0 Å². The quantitative estimate of drug-likeness (QED) is 0.674. The smallest absolute Gasteiger partial charge is 0.220 e. The number of unbranched alkanes of at least 4 members (excludes halogenated alkanes) is 1. The third-order valence-electron chi connectivity index (χ3n) is 3.37. The fourth-order valence-corrected chi connectivity index (χ4v) is 3.13. The van der Waals surface area contributed by atoms with Crippen molar-refractivity contribution < 1.29 is 9.90 Å². The molecule has 0 saturated heterocycles. The van der Waals surface area contributed by atoms with E-state index in [9.17, 15) is 4.79 Å². The number of aliphatic hydroxyl groups excluding tert-OH is 1. The molecule has 0 aromatic heterocycles. The molecule has 0 radical (unpaired) electrons. The standard InChI is InChI=1S/C12H23NO2S/c1-16-12(7-3-4-8-12)10-13-11(15)6-2-5-9-14/h14H,2-10H2,1H3,(H,13,15). The van der Waals surface area contributed by atoms with Crippen molar-refractivity contribution in [3.05, 3.63) is 0 Å². The molecule has 0 atom stereocenters. The van der Waals surface area contributed by atoms with Crippen LogP contribution in [0.3, 0.4) is 0 Å². The van der Waals surface area contributed by atoms with Crippen molar-refractivity contribution in [1.29, 1.82) is 0 Å². The molecular formula is C12H23NO2S. The zero-order valence-electron chi connectivity index (χ0n) is 10.1. The number of carbonyl (C=O) groups excluding carboxylic acids is 1. The first-order valence-electron chi connectivity index (χ1n) is 6.15. The molecule has 0 aromatic carbocycles. The minimum absolute atomic E-state index is 0.133. The maximum absolute atomic E-state index is 11.5. The Bertz CT molecular complexity index is 215. The average molecular weight is 245 g/mol. The van der Waals surface area contributed by atoms with Crippen molar-refractivity contribution >= 4 is 17.7 Å². The van der Waals surface area contributed by atoms with E-state index in [1.807, 2.05) is 11.8 Å². The van der Waals surface area contributed by atoms with E-state index in [0.717, 1.165) is 19.4 Å². The summed E-state index contributed by atoms with van der Waals surface area (Å²) in [5, 5.41) is 11.7. The van der Waals surface area contributed by atoms with Gasteiger partial charge in [-0.3, -0.25) is 4.79 Å². The molecule has 0 heterocycles. The molecule has 1 amide bonds. The lowest BCUT2D eigenvalue weighted by molar-refractivity contribution is -0.121. The van der Waals surface area contributed by atoms with Gasteiger partial charge < -0.3 is 10.4 Å². The Morgan fingerprint density at radius 1 is 1.38 bits per heavy atom. The topological polar surface area (TPSA) is 49.3 Å². The third kappa shape index (κ3) is 4.34. The first-order valence-corrected chi connectivity index (χ1v) is 7.38. The summed E-state index contributed by atoms with van der Waals surface area (Å²) in [7, 11) is 0. The van der Waals surface area contributed by atoms with Gasteiger partial charge in [0.15, 0.2) is 0 Å². The van der Waals surface area contributed by atoms with Gasteiger partial charge >= 0.3 is 0 Å². The molecule has 3 nitrogen and oxygen atoms in total. The summed E-state index contributed by atoms with van der Waals surface area (Å²) in [6.07, 6.45) is 9.24. The van der Waals surface area contributed by atoms with Crippen LogP contribution in [0.2, 0.25) is 0 Å². The molecule has 1 aliphatic carbocycles. The number of hydrogen-bond acceptors (Lipinski definition) is 3. The Hall–Kier alpha value is -0.220. The van der Waals surface area contributed by atoms with Gasteiger partial charge in [-0.25, -0.2) is 0 Å². The lowest BCUT2D eigenvalue weighted by Gasteiger charge is -2.26. The van der Waals surface area contributed by atoms with E-state index in [2.05, 4.69) is 11.6 Å². The Morgan fingerprint density at radius 3 is 2.62 bits per heavy atom. The number of thioether (sulfide) groups is 1. The summed E-state index contributed by atoms with van der Waals surface area (Å²) in [4.78, 5) is 11.5. The van der Waals surface area contributed by atoms with Crippen molar-refractivity contribution in [1.82, 2.24) is 5.32 Å². The fourth-order valence-electron chi connectivity index (χ4n) is 2.22. The number of hydrogen-bond donors (Lipinski definition) is 2. The summed E-state index contributed by atoms with van der Waals surface area (Å²) in [5.74, 6) is 0.133. The van der Waals surface area contributed by atoms with Crippen LogP contribution in [0, 0.1) is 0 Å². The van der Waals surface area contributed by atoms with E-state index in [1.54, 1.807) is 0 Å². The Labute approximate surface area is 102 Å². The van der Waals surface area contributed by atoms with Crippen molar-refractivity contribution in [2.24, 2.45) is 0 Å². The van der Waals surface area contributed by atoms with Gasteiger partial charge in [0.2, 0.25) is 5.91 Å². The second-order valence-electron chi connectivity index (χ2n) is 4.55. The van der Waals surface area contributed by atoms with Crippen LogP contribution in [0.1, 0.15) is 44.9 Å². The average Bonchev–Trinajstić information content (AvgIpc) is 2.76. The van der Waals surface area contributed by atoms with Crippen LogP contribution in [0.25, 0.3) is 0 Å². The van der Waals surface area contributed by atoms with Crippen molar-refractivity contribution in [2.75, 3.05) is 19.4 Å². The Balaban J connectivity index is 2.19. The van der Waals surface area contributed by atoms with Crippen molar-refractivity contribution in [2.45, 2.75) is 49.7 Å². The predicted molar refractivity (Wildman–Crippen MR) is 68.7 cm³/mol. The molecule has 16 heavy (non-hydrogen) atoms. The van der Waals surface area contributed by atoms with E-state index in [4.69, 9.17) is 5.11 Å². The molecular weight excluding hydrogens is 222 g/mol. The van der Waals surface area contributed by atoms with Gasteiger partial charge in [-0.1, -0.05) is 12.8 Å². The number of carbonyl (C=O) groups is 1. The van der Waals surface area contributed by atoms with Gasteiger partial charge in [-0.15, -0.1) is 0 Å². The zero-order chi connectivity index (χ0) is 11.9. The molecule has 0 aliphatic heterocycles. The molecule has 0 bridgehead atoms. The lowest BCUT2D eigenvalue weighted by atomic mass is 10.1. The summed E-state index contributed by atoms with van der Waals surface area (Å²) < 4.78 is 0.298. The third-order valence-corrected chi connectivity index (χ3v) is 4.79. The van der Waals surface area contributed by atoms with Gasteiger partial charge in [0, 0.05) is 24.3 Å². The van der Waals surface area contributed by atoms with Gasteiger partial charge in [0.05, 0.1) is 0 Å². The minimum Gasteiger partial charge on any atom is -0.396 e. The summed E-state index contributed by atoms with van der Waals surface area (Å²) in [5.41, 5.74) is 0. The van der Waals surface area contributed by atoms with Crippen LogP contribution in [-0.4, -0.2) is 35.2 Å². The maximum atomic E-state index is 11.5. The van der Waals surface area contributed by atoms with Gasteiger partial charge in [-0.05, 0) is 31.9 Å². The molecule has 1 aliphatic rings. The first kappa shape index (κ1) is 13.8. The zero-order valence-corrected chi connectivity index (χ0v) is 10.9. The van der Waals surface area contributed by atoms with Crippen LogP contribution in [0.15, 0.2) is 0 Å². The maximum Gasteiger partial charge on any atom is 0.220 e. The molecule has 1 fully saturated rings. The highest BCUT2D eigenvalue weighted by Crippen LogP contribution is 2.39. The van der Waals surface area contributed by atoms with Crippen LogP contribution >= 0.6 is 11.8 Å². The largest absolute Gasteiger partial charge is 0.396 e. The highest BCUT2D eigenvalue weighted by atomic mass is 32.2. The van der Waals surface area contributed by atoms with Crippen molar-refractivity contribution in [3.63, 3.8) is 0 Å². The molecule has 0 spiro atoms. The predicted octanol–water partition coefficient (Wildman–Crippen LogP) is 1.94. The molecule has 2 N–H and O–H groups in total. The van der Waals surface area contributed by atoms with E-state index >= 15 is 0 Å². The summed E-state index contributed by atoms with van der Waals surface area (Å²) in [6.45, 7) is 0.994.